The van der Waals surface area contributed by atoms with Crippen LogP contribution in [0.3, 0.4) is 0 Å². The Kier molecular flexibility index (Phi) is 3.89. The third-order valence-electron chi connectivity index (χ3n) is 4.62. The number of hydrogen-bond donors (Lipinski definition) is 2. The predicted molar refractivity (Wildman–Crippen MR) is 85.0 cm³/mol. The molecule has 0 saturated carbocycles. The number of nitrogens with zero attached hydrogens (tertiary/aromatic N) is 3. The number of fused-ring (bicyclic) bond motifs is 1. The number of hydrogen-bond acceptors (Lipinski definition) is 7. The van der Waals surface area contributed by atoms with Crippen LogP contribution < -0.4 is 0 Å². The van der Waals surface area contributed by atoms with Gasteiger partial charge >= 0.3 is 0 Å². The second-order valence-corrected chi connectivity index (χ2v) is 6.83. The lowest BCUT2D eigenvalue weighted by Gasteiger charge is -2.34. The molecule has 2 saturated heterocycles. The monoisotopic (exact) mass is 347 g/mol. The molecule has 1 aromatic carbocycles. The molecule has 3 heterocycles. The van der Waals surface area contributed by atoms with Gasteiger partial charge in [-0.15, -0.1) is 5.10 Å². The molecular formula is C17H21N3O5. The summed E-state index contributed by atoms with van der Waals surface area (Å²) in [5.41, 5.74) is -0.253. The van der Waals surface area contributed by atoms with E-state index in [4.69, 9.17) is 19.3 Å². The summed E-state index contributed by atoms with van der Waals surface area (Å²) in [5.74, 6) is -0.833. The Hall–Kier alpha value is -1.84. The standard InChI is InChI=1S/C17H21N3O5/c1-16(2)24-14-15(25-16)23-13(9-20-8-12(10-21)18-19-20)17(14,22)11-6-4-3-5-7-11/h3-8,13-15,21-22H,9-10H2,1-2H3/t13-,14+,15-,17-/m1/s1. The fraction of sp³-hybridized carbons (Fsp3) is 0.529. The van der Waals surface area contributed by atoms with Crippen LogP contribution in [0.15, 0.2) is 36.5 Å². The summed E-state index contributed by atoms with van der Waals surface area (Å²) in [7, 11) is 0. The number of aliphatic hydroxyl groups is 2. The van der Waals surface area contributed by atoms with E-state index in [1.165, 1.54) is 4.68 Å². The van der Waals surface area contributed by atoms with Crippen LogP contribution in [0.2, 0.25) is 0 Å². The van der Waals surface area contributed by atoms with E-state index in [0.717, 1.165) is 0 Å². The highest BCUT2D eigenvalue weighted by Gasteiger charge is 2.63. The largest absolute Gasteiger partial charge is 0.390 e. The highest BCUT2D eigenvalue weighted by atomic mass is 16.8. The van der Waals surface area contributed by atoms with Crippen LogP contribution in [0.25, 0.3) is 0 Å². The summed E-state index contributed by atoms with van der Waals surface area (Å²) in [4.78, 5) is 0. The first-order chi connectivity index (χ1) is 11.9. The molecule has 2 aliphatic heterocycles. The van der Waals surface area contributed by atoms with Crippen LogP contribution in [-0.2, 0) is 33.0 Å². The molecule has 2 aromatic rings. The zero-order chi connectivity index (χ0) is 17.7. The van der Waals surface area contributed by atoms with Gasteiger partial charge in [0.1, 0.15) is 23.5 Å². The van der Waals surface area contributed by atoms with Crippen molar-refractivity contribution in [3.05, 3.63) is 47.8 Å². The summed E-state index contributed by atoms with van der Waals surface area (Å²) in [5, 5.41) is 28.6. The highest BCUT2D eigenvalue weighted by Crippen LogP contribution is 2.48. The van der Waals surface area contributed by atoms with Gasteiger partial charge in [-0.05, 0) is 19.4 Å². The van der Waals surface area contributed by atoms with Gasteiger partial charge in [-0.1, -0.05) is 35.5 Å². The molecule has 2 fully saturated rings. The van der Waals surface area contributed by atoms with Crippen LogP contribution >= 0.6 is 0 Å². The molecule has 0 bridgehead atoms. The van der Waals surface area contributed by atoms with Gasteiger partial charge < -0.3 is 24.4 Å². The topological polar surface area (TPSA) is 98.9 Å². The SMILES string of the molecule is CC1(C)O[C@H]2O[C@H](Cn3cc(CO)nn3)[C@](O)(c3ccccc3)[C@H]2O1. The third-order valence-corrected chi connectivity index (χ3v) is 4.62. The van der Waals surface area contributed by atoms with Gasteiger partial charge in [-0.25, -0.2) is 4.68 Å². The lowest BCUT2D eigenvalue weighted by Crippen LogP contribution is -2.47. The maximum absolute atomic E-state index is 11.6. The van der Waals surface area contributed by atoms with Crippen molar-refractivity contribution < 1.29 is 24.4 Å². The molecule has 2 N–H and O–H groups in total. The third kappa shape index (κ3) is 2.76. The Bertz CT molecular complexity index is 750. The maximum atomic E-state index is 11.6. The molecule has 8 heteroatoms. The number of rotatable bonds is 4. The fourth-order valence-electron chi connectivity index (χ4n) is 3.48. The van der Waals surface area contributed by atoms with E-state index in [9.17, 15) is 5.11 Å². The molecular weight excluding hydrogens is 326 g/mol. The van der Waals surface area contributed by atoms with E-state index in [1.54, 1.807) is 20.0 Å². The Morgan fingerprint density at radius 1 is 1.20 bits per heavy atom. The molecule has 1 aromatic heterocycles. The summed E-state index contributed by atoms with van der Waals surface area (Å²) in [6, 6.07) is 9.29. The van der Waals surface area contributed by atoms with Crippen molar-refractivity contribution in [1.82, 2.24) is 15.0 Å². The minimum absolute atomic E-state index is 0.194. The van der Waals surface area contributed by atoms with Crippen molar-refractivity contribution in [2.75, 3.05) is 0 Å². The van der Waals surface area contributed by atoms with E-state index in [1.807, 2.05) is 30.3 Å². The van der Waals surface area contributed by atoms with E-state index in [-0.39, 0.29) is 13.2 Å². The summed E-state index contributed by atoms with van der Waals surface area (Å²) < 4.78 is 19.3. The minimum Gasteiger partial charge on any atom is -0.390 e. The smallest absolute Gasteiger partial charge is 0.191 e. The summed E-state index contributed by atoms with van der Waals surface area (Å²) in [6.07, 6.45) is -0.356. The lowest BCUT2D eigenvalue weighted by atomic mass is 9.84. The van der Waals surface area contributed by atoms with Gasteiger partial charge in [0.05, 0.1) is 19.3 Å². The summed E-state index contributed by atoms with van der Waals surface area (Å²) in [6.45, 7) is 3.64. The quantitative estimate of drug-likeness (QED) is 0.832. The predicted octanol–water partition coefficient (Wildman–Crippen LogP) is 0.535. The molecule has 8 nitrogen and oxygen atoms in total. The molecule has 2 aliphatic rings. The zero-order valence-corrected chi connectivity index (χ0v) is 14.1. The second-order valence-electron chi connectivity index (χ2n) is 6.83. The van der Waals surface area contributed by atoms with Gasteiger partial charge in [0.25, 0.3) is 0 Å². The van der Waals surface area contributed by atoms with Gasteiger partial charge in [-0.3, -0.25) is 0 Å². The van der Waals surface area contributed by atoms with E-state index >= 15 is 0 Å². The molecule has 134 valence electrons. The van der Waals surface area contributed by atoms with Crippen LogP contribution in [0.4, 0.5) is 0 Å². The Morgan fingerprint density at radius 2 is 1.96 bits per heavy atom. The molecule has 0 amide bonds. The van der Waals surface area contributed by atoms with Crippen molar-refractivity contribution >= 4 is 0 Å². The van der Waals surface area contributed by atoms with Gasteiger partial charge in [0.2, 0.25) is 0 Å². The summed E-state index contributed by atoms with van der Waals surface area (Å²) >= 11 is 0. The first-order valence-electron chi connectivity index (χ1n) is 8.21. The van der Waals surface area contributed by atoms with Crippen molar-refractivity contribution in [2.24, 2.45) is 0 Å². The molecule has 0 aliphatic carbocycles. The fourth-order valence-corrected chi connectivity index (χ4v) is 3.48. The average molecular weight is 347 g/mol. The van der Waals surface area contributed by atoms with E-state index < -0.39 is 29.9 Å². The van der Waals surface area contributed by atoms with Crippen molar-refractivity contribution in [1.29, 1.82) is 0 Å². The van der Waals surface area contributed by atoms with Crippen LogP contribution in [-0.4, -0.2) is 49.5 Å². The van der Waals surface area contributed by atoms with Crippen LogP contribution in [0.1, 0.15) is 25.1 Å². The van der Waals surface area contributed by atoms with Gasteiger partial charge in [0, 0.05) is 0 Å². The molecule has 4 rings (SSSR count). The average Bonchev–Trinajstić information content (AvgIpc) is 3.23. The van der Waals surface area contributed by atoms with Gasteiger partial charge in [0.15, 0.2) is 12.1 Å². The lowest BCUT2D eigenvalue weighted by molar-refractivity contribution is -0.233. The zero-order valence-electron chi connectivity index (χ0n) is 14.1. The molecule has 0 spiro atoms. The Labute approximate surface area is 144 Å². The highest BCUT2D eigenvalue weighted by molar-refractivity contribution is 5.28. The van der Waals surface area contributed by atoms with Crippen molar-refractivity contribution in [3.8, 4) is 0 Å². The van der Waals surface area contributed by atoms with Crippen molar-refractivity contribution in [2.45, 2.75) is 56.9 Å². The Morgan fingerprint density at radius 3 is 2.64 bits per heavy atom. The van der Waals surface area contributed by atoms with E-state index in [2.05, 4.69) is 10.3 Å². The molecule has 4 atom stereocenters. The van der Waals surface area contributed by atoms with Gasteiger partial charge in [-0.2, -0.15) is 0 Å². The first-order valence-corrected chi connectivity index (χ1v) is 8.21. The van der Waals surface area contributed by atoms with Crippen molar-refractivity contribution in [3.63, 3.8) is 0 Å². The Balaban J connectivity index is 1.68. The first kappa shape index (κ1) is 16.6. The maximum Gasteiger partial charge on any atom is 0.191 e. The molecule has 0 unspecified atom stereocenters. The second kappa shape index (κ2) is 5.86. The minimum atomic E-state index is -1.40. The van der Waals surface area contributed by atoms with Crippen LogP contribution in [0.5, 0.6) is 0 Å². The molecule has 25 heavy (non-hydrogen) atoms. The number of aliphatic hydroxyl groups excluding tert-OH is 1. The van der Waals surface area contributed by atoms with Crippen LogP contribution in [0, 0.1) is 0 Å². The number of benzene rings is 1. The number of aromatic nitrogens is 3. The molecule has 0 radical (unpaired) electrons. The normalized spacial score (nSPS) is 33.5. The van der Waals surface area contributed by atoms with E-state index in [0.29, 0.717) is 11.3 Å². The number of ether oxygens (including phenoxy) is 3.